The van der Waals surface area contributed by atoms with Crippen LogP contribution in [0.25, 0.3) is 0 Å². The molecular weight excluding hydrogens is 150 g/mol. The highest BCUT2D eigenvalue weighted by molar-refractivity contribution is 4.86. The van der Waals surface area contributed by atoms with E-state index in [0.717, 1.165) is 19.3 Å². The molecule has 1 aliphatic rings. The summed E-state index contributed by atoms with van der Waals surface area (Å²) in [7, 11) is 0. The summed E-state index contributed by atoms with van der Waals surface area (Å²) in [6.07, 6.45) is 4.42. The fourth-order valence-electron chi connectivity index (χ4n) is 1.76. The molecule has 0 aromatic rings. The molecule has 0 bridgehead atoms. The molecule has 0 radical (unpaired) electrons. The Labute approximate surface area is 76.2 Å². The first-order chi connectivity index (χ1) is 5.67. The smallest absolute Gasteiger partial charge is 0.0659 e. The first-order valence-corrected chi connectivity index (χ1v) is 5.09. The third-order valence-electron chi connectivity index (χ3n) is 2.65. The first kappa shape index (κ1) is 11.9. The predicted molar refractivity (Wildman–Crippen MR) is 53.0 cm³/mol. The van der Waals surface area contributed by atoms with E-state index in [1.54, 1.807) is 0 Å². The molecule has 3 N–H and O–H groups in total. The summed E-state index contributed by atoms with van der Waals surface area (Å²) >= 11 is 0. The van der Waals surface area contributed by atoms with Gasteiger partial charge in [-0.3, -0.25) is 0 Å². The highest BCUT2D eigenvalue weighted by Gasteiger charge is 2.32. The van der Waals surface area contributed by atoms with E-state index in [1.165, 1.54) is 6.42 Å². The van der Waals surface area contributed by atoms with Crippen molar-refractivity contribution in [2.75, 3.05) is 6.54 Å². The van der Waals surface area contributed by atoms with Crippen LogP contribution in [-0.2, 0) is 0 Å². The second kappa shape index (κ2) is 5.55. The molecule has 0 saturated heterocycles. The standard InChI is InChI=1S/C8H17NO.C2H6/c1-8(10)5-3-2-4-7(8)6-9;1-2/h7,10H,2-6,9H2,1H3;1-2H3/t7-,8-;/m1./s1. The van der Waals surface area contributed by atoms with Gasteiger partial charge in [0.1, 0.15) is 0 Å². The van der Waals surface area contributed by atoms with E-state index >= 15 is 0 Å². The third-order valence-corrected chi connectivity index (χ3v) is 2.65. The number of aliphatic hydroxyl groups is 1. The van der Waals surface area contributed by atoms with Crippen molar-refractivity contribution in [1.29, 1.82) is 0 Å². The van der Waals surface area contributed by atoms with Crippen molar-refractivity contribution >= 4 is 0 Å². The van der Waals surface area contributed by atoms with Crippen LogP contribution in [0.4, 0.5) is 0 Å². The summed E-state index contributed by atoms with van der Waals surface area (Å²) in [6, 6.07) is 0. The van der Waals surface area contributed by atoms with Crippen LogP contribution in [0.3, 0.4) is 0 Å². The van der Waals surface area contributed by atoms with Crippen LogP contribution in [0, 0.1) is 5.92 Å². The average molecular weight is 173 g/mol. The molecule has 1 saturated carbocycles. The zero-order valence-electron chi connectivity index (χ0n) is 8.64. The van der Waals surface area contributed by atoms with E-state index in [2.05, 4.69) is 0 Å². The van der Waals surface area contributed by atoms with Crippen LogP contribution >= 0.6 is 0 Å². The van der Waals surface area contributed by atoms with Crippen LogP contribution in [0.15, 0.2) is 0 Å². The summed E-state index contributed by atoms with van der Waals surface area (Å²) in [5.74, 6) is 0.334. The molecule has 0 aromatic heterocycles. The van der Waals surface area contributed by atoms with E-state index in [1.807, 2.05) is 20.8 Å². The van der Waals surface area contributed by atoms with E-state index in [0.29, 0.717) is 12.5 Å². The van der Waals surface area contributed by atoms with Crippen LogP contribution < -0.4 is 5.73 Å². The highest BCUT2D eigenvalue weighted by Crippen LogP contribution is 2.32. The third kappa shape index (κ3) is 3.11. The molecule has 0 aliphatic heterocycles. The van der Waals surface area contributed by atoms with E-state index in [4.69, 9.17) is 5.73 Å². The molecular formula is C10H23NO. The fourth-order valence-corrected chi connectivity index (χ4v) is 1.76. The lowest BCUT2D eigenvalue weighted by atomic mass is 9.77. The van der Waals surface area contributed by atoms with Crippen molar-refractivity contribution in [2.45, 2.75) is 52.1 Å². The van der Waals surface area contributed by atoms with Crippen molar-refractivity contribution in [1.82, 2.24) is 0 Å². The maximum atomic E-state index is 9.75. The van der Waals surface area contributed by atoms with Gasteiger partial charge in [0.15, 0.2) is 0 Å². The van der Waals surface area contributed by atoms with Gasteiger partial charge in [-0.1, -0.05) is 26.7 Å². The molecule has 1 fully saturated rings. The van der Waals surface area contributed by atoms with Crippen molar-refractivity contribution in [3.8, 4) is 0 Å². The molecule has 1 rings (SSSR count). The molecule has 0 aromatic carbocycles. The zero-order chi connectivity index (χ0) is 9.61. The number of rotatable bonds is 1. The Morgan fingerprint density at radius 1 is 1.42 bits per heavy atom. The lowest BCUT2D eigenvalue weighted by Crippen LogP contribution is -2.41. The van der Waals surface area contributed by atoms with Gasteiger partial charge in [0.05, 0.1) is 5.60 Å². The molecule has 2 atom stereocenters. The Kier molecular flexibility index (Phi) is 5.51. The first-order valence-electron chi connectivity index (χ1n) is 5.09. The minimum atomic E-state index is -0.479. The highest BCUT2D eigenvalue weighted by atomic mass is 16.3. The molecule has 0 spiro atoms. The molecule has 2 heteroatoms. The van der Waals surface area contributed by atoms with E-state index in [9.17, 15) is 5.11 Å². The van der Waals surface area contributed by atoms with Gasteiger partial charge in [0.2, 0.25) is 0 Å². The Morgan fingerprint density at radius 3 is 2.33 bits per heavy atom. The van der Waals surface area contributed by atoms with Crippen LogP contribution in [0.2, 0.25) is 0 Å². The number of hydrogen-bond acceptors (Lipinski definition) is 2. The van der Waals surface area contributed by atoms with Crippen molar-refractivity contribution in [2.24, 2.45) is 11.7 Å². The summed E-state index contributed by atoms with van der Waals surface area (Å²) in [6.45, 7) is 6.54. The van der Waals surface area contributed by atoms with Gasteiger partial charge >= 0.3 is 0 Å². The summed E-state index contributed by atoms with van der Waals surface area (Å²) < 4.78 is 0. The Morgan fingerprint density at radius 2 is 2.00 bits per heavy atom. The van der Waals surface area contributed by atoms with Crippen LogP contribution in [0.1, 0.15) is 46.5 Å². The second-order valence-electron chi connectivity index (χ2n) is 3.54. The van der Waals surface area contributed by atoms with Crippen LogP contribution in [0.5, 0.6) is 0 Å². The Bertz CT molecular complexity index is 112. The molecule has 2 nitrogen and oxygen atoms in total. The Hall–Kier alpha value is -0.0800. The molecule has 0 amide bonds. The maximum absolute atomic E-state index is 9.75. The minimum absolute atomic E-state index is 0.334. The maximum Gasteiger partial charge on any atom is 0.0659 e. The van der Waals surface area contributed by atoms with Gasteiger partial charge < -0.3 is 10.8 Å². The molecule has 74 valence electrons. The molecule has 0 unspecified atom stereocenters. The molecule has 12 heavy (non-hydrogen) atoms. The van der Waals surface area contributed by atoms with Gasteiger partial charge in [-0.25, -0.2) is 0 Å². The van der Waals surface area contributed by atoms with Crippen molar-refractivity contribution < 1.29 is 5.11 Å². The molecule has 1 aliphatic carbocycles. The van der Waals surface area contributed by atoms with E-state index < -0.39 is 5.60 Å². The minimum Gasteiger partial charge on any atom is -0.390 e. The SMILES string of the molecule is CC.C[C@@]1(O)CCCC[C@@H]1CN. The lowest BCUT2D eigenvalue weighted by Gasteiger charge is -2.36. The van der Waals surface area contributed by atoms with Gasteiger partial charge in [-0.15, -0.1) is 0 Å². The monoisotopic (exact) mass is 173 g/mol. The zero-order valence-corrected chi connectivity index (χ0v) is 8.64. The van der Waals surface area contributed by atoms with Gasteiger partial charge in [-0.05, 0) is 32.2 Å². The number of nitrogens with two attached hydrogens (primary N) is 1. The fraction of sp³-hybridized carbons (Fsp3) is 1.00. The Balaban J connectivity index is 0.000000561. The van der Waals surface area contributed by atoms with Crippen molar-refractivity contribution in [3.63, 3.8) is 0 Å². The van der Waals surface area contributed by atoms with Gasteiger partial charge in [0.25, 0.3) is 0 Å². The largest absolute Gasteiger partial charge is 0.390 e. The van der Waals surface area contributed by atoms with Gasteiger partial charge in [-0.2, -0.15) is 0 Å². The topological polar surface area (TPSA) is 46.2 Å². The van der Waals surface area contributed by atoms with E-state index in [-0.39, 0.29) is 0 Å². The predicted octanol–water partition coefficient (Wildman–Crippen LogP) is 1.91. The average Bonchev–Trinajstić information content (AvgIpc) is 2.07. The van der Waals surface area contributed by atoms with Crippen LogP contribution in [-0.4, -0.2) is 17.3 Å². The quantitative estimate of drug-likeness (QED) is 0.636. The summed E-state index contributed by atoms with van der Waals surface area (Å²) in [5.41, 5.74) is 5.04. The summed E-state index contributed by atoms with van der Waals surface area (Å²) in [5, 5.41) is 9.75. The van der Waals surface area contributed by atoms with Crippen molar-refractivity contribution in [3.05, 3.63) is 0 Å². The molecule has 0 heterocycles. The lowest BCUT2D eigenvalue weighted by molar-refractivity contribution is -0.0277. The normalized spacial score (nSPS) is 35.2. The summed E-state index contributed by atoms with van der Waals surface area (Å²) in [4.78, 5) is 0. The number of hydrogen-bond donors (Lipinski definition) is 2. The second-order valence-corrected chi connectivity index (χ2v) is 3.54. The van der Waals surface area contributed by atoms with Gasteiger partial charge in [0, 0.05) is 0 Å².